The molecule has 4 atom stereocenters. The Bertz CT molecular complexity index is 1150. The van der Waals surface area contributed by atoms with Crippen molar-refractivity contribution in [1.29, 1.82) is 0 Å². The van der Waals surface area contributed by atoms with Crippen LogP contribution in [0.15, 0.2) is 36.7 Å². The molecule has 3 aliphatic heterocycles. The molecule has 1 amide bonds. The molecule has 2 N–H and O–H groups in total. The number of phenols is 1. The highest BCUT2D eigenvalue weighted by atomic mass is 16.5. The van der Waals surface area contributed by atoms with Crippen molar-refractivity contribution in [1.82, 2.24) is 14.8 Å². The molecule has 2 aromatic rings. The van der Waals surface area contributed by atoms with Crippen LogP contribution in [0.1, 0.15) is 42.4 Å². The van der Waals surface area contributed by atoms with E-state index in [0.717, 1.165) is 43.0 Å². The highest BCUT2D eigenvalue weighted by Crippen LogP contribution is 2.63. The van der Waals surface area contributed by atoms with E-state index in [0.29, 0.717) is 25.3 Å². The fourth-order valence-electron chi connectivity index (χ4n) is 7.42. The van der Waals surface area contributed by atoms with E-state index < -0.39 is 11.0 Å². The number of phenolic OH excluding ortho intramolecular Hbond substituents is 1. The molecule has 4 heterocycles. The number of aliphatic hydroxyl groups is 1. The third-order valence-electron chi connectivity index (χ3n) is 9.22. The first-order valence-corrected chi connectivity index (χ1v) is 12.6. The van der Waals surface area contributed by atoms with Crippen LogP contribution in [-0.2, 0) is 23.1 Å². The Labute approximate surface area is 199 Å². The van der Waals surface area contributed by atoms with Gasteiger partial charge in [-0.05, 0) is 67.8 Å². The van der Waals surface area contributed by atoms with Gasteiger partial charge in [0.15, 0.2) is 11.5 Å². The van der Waals surface area contributed by atoms with E-state index in [-0.39, 0.29) is 30.2 Å². The summed E-state index contributed by atoms with van der Waals surface area (Å²) in [6, 6.07) is 7.52. The van der Waals surface area contributed by atoms with Crippen LogP contribution in [0.5, 0.6) is 11.5 Å². The van der Waals surface area contributed by atoms with Gasteiger partial charge in [0, 0.05) is 37.1 Å². The van der Waals surface area contributed by atoms with Crippen LogP contribution in [0, 0.1) is 5.92 Å². The van der Waals surface area contributed by atoms with Crippen LogP contribution in [0.25, 0.3) is 0 Å². The molecular weight excluding hydrogens is 430 g/mol. The van der Waals surface area contributed by atoms with Crippen molar-refractivity contribution >= 4 is 5.91 Å². The molecule has 3 fully saturated rings. The molecule has 5 aliphatic rings. The molecule has 1 spiro atoms. The first-order valence-electron chi connectivity index (χ1n) is 12.6. The summed E-state index contributed by atoms with van der Waals surface area (Å²) in [5.41, 5.74) is 1.48. The number of carbonyl (C=O) groups is 1. The molecule has 1 aromatic heterocycles. The number of amides is 1. The number of carbonyl (C=O) groups excluding carboxylic acids is 1. The van der Waals surface area contributed by atoms with Gasteiger partial charge < -0.3 is 19.8 Å². The number of aromatic nitrogens is 1. The number of benzene rings is 1. The average Bonchev–Trinajstić information content (AvgIpc) is 3.60. The summed E-state index contributed by atoms with van der Waals surface area (Å²) in [6.07, 6.45) is 7.98. The van der Waals surface area contributed by atoms with E-state index in [2.05, 4.69) is 9.88 Å². The Morgan fingerprint density at radius 3 is 2.88 bits per heavy atom. The van der Waals surface area contributed by atoms with Gasteiger partial charge in [-0.1, -0.05) is 12.1 Å². The van der Waals surface area contributed by atoms with Crippen LogP contribution in [0.4, 0.5) is 0 Å². The molecule has 7 heteroatoms. The first kappa shape index (κ1) is 20.7. The van der Waals surface area contributed by atoms with Gasteiger partial charge in [-0.2, -0.15) is 0 Å². The fourth-order valence-corrected chi connectivity index (χ4v) is 7.42. The lowest BCUT2D eigenvalue weighted by Crippen LogP contribution is -2.74. The van der Waals surface area contributed by atoms with Crippen molar-refractivity contribution in [2.24, 2.45) is 5.92 Å². The van der Waals surface area contributed by atoms with Crippen LogP contribution in [-0.4, -0.2) is 74.8 Å². The van der Waals surface area contributed by atoms with Gasteiger partial charge in [0.25, 0.3) is 0 Å². The fraction of sp³-hybridized carbons (Fsp3) is 0.556. The van der Waals surface area contributed by atoms with E-state index in [9.17, 15) is 15.0 Å². The van der Waals surface area contributed by atoms with Gasteiger partial charge in [0.1, 0.15) is 6.10 Å². The first-order chi connectivity index (χ1) is 16.5. The Morgan fingerprint density at radius 1 is 1.21 bits per heavy atom. The number of nitrogens with zero attached hydrogens (tertiary/aromatic N) is 3. The summed E-state index contributed by atoms with van der Waals surface area (Å²) in [5.74, 6) is 1.43. The van der Waals surface area contributed by atoms with Crippen molar-refractivity contribution in [3.8, 4) is 11.5 Å². The van der Waals surface area contributed by atoms with Gasteiger partial charge >= 0.3 is 0 Å². The van der Waals surface area contributed by atoms with Gasteiger partial charge in [0.05, 0.1) is 24.0 Å². The van der Waals surface area contributed by atoms with Crippen LogP contribution in [0.2, 0.25) is 0 Å². The zero-order valence-corrected chi connectivity index (χ0v) is 19.3. The number of likely N-dealkylation sites (tertiary alicyclic amines) is 2. The van der Waals surface area contributed by atoms with E-state index >= 15 is 0 Å². The highest BCUT2D eigenvalue weighted by molar-refractivity contribution is 5.79. The summed E-state index contributed by atoms with van der Waals surface area (Å²) in [6.45, 7) is 2.89. The van der Waals surface area contributed by atoms with Crippen molar-refractivity contribution in [2.75, 3.05) is 26.2 Å². The predicted octanol–water partition coefficient (Wildman–Crippen LogP) is 2.03. The Balaban J connectivity index is 1.29. The molecule has 178 valence electrons. The summed E-state index contributed by atoms with van der Waals surface area (Å²) >= 11 is 0. The molecule has 34 heavy (non-hydrogen) atoms. The molecular formula is C27H31N3O4. The number of pyridine rings is 1. The van der Waals surface area contributed by atoms with Crippen molar-refractivity contribution in [3.05, 3.63) is 53.3 Å². The zero-order valence-electron chi connectivity index (χ0n) is 19.3. The molecule has 0 radical (unpaired) electrons. The lowest BCUT2D eigenvalue weighted by Gasteiger charge is -2.60. The largest absolute Gasteiger partial charge is 0.504 e. The molecule has 1 aromatic carbocycles. The van der Waals surface area contributed by atoms with Gasteiger partial charge in [-0.25, -0.2) is 0 Å². The number of aromatic hydroxyl groups is 1. The molecule has 0 unspecified atom stereocenters. The second-order valence-corrected chi connectivity index (χ2v) is 11.0. The molecule has 2 bridgehead atoms. The standard InChI is InChI=1S/C27H31N3O4/c31-20-6-5-19-13-21-27(33)8-11-30(23(32)12-18-2-1-9-28-14-18)16-22-26(27,24(19)25(20)34-22)7-10-29(21)15-17-3-4-17/h1-2,5-6,9,14,17,21-22,31,33H,3-4,7-8,10-13,15-16H2/t21-,22+,26-,27-/m1/s1. The third-order valence-corrected chi connectivity index (χ3v) is 9.22. The van der Waals surface area contributed by atoms with Crippen LogP contribution in [0.3, 0.4) is 0 Å². The minimum atomic E-state index is -1.000. The predicted molar refractivity (Wildman–Crippen MR) is 125 cm³/mol. The van der Waals surface area contributed by atoms with Gasteiger partial charge in [-0.15, -0.1) is 0 Å². The van der Waals surface area contributed by atoms with Gasteiger partial charge in [-0.3, -0.25) is 14.7 Å². The smallest absolute Gasteiger partial charge is 0.227 e. The maximum Gasteiger partial charge on any atom is 0.227 e. The third kappa shape index (κ3) is 2.77. The molecule has 7 nitrogen and oxygen atoms in total. The molecule has 1 saturated carbocycles. The topological polar surface area (TPSA) is 86.1 Å². The number of rotatable bonds is 4. The van der Waals surface area contributed by atoms with Crippen LogP contribution < -0.4 is 4.74 Å². The van der Waals surface area contributed by atoms with Crippen molar-refractivity contribution in [3.63, 3.8) is 0 Å². The molecule has 2 aliphatic carbocycles. The van der Waals surface area contributed by atoms with E-state index in [4.69, 9.17) is 4.74 Å². The number of hydrogen-bond donors (Lipinski definition) is 2. The van der Waals surface area contributed by atoms with Crippen LogP contribution >= 0.6 is 0 Å². The second kappa shape index (κ2) is 7.18. The minimum absolute atomic E-state index is 0.00400. The Morgan fingerprint density at radius 2 is 2.09 bits per heavy atom. The Hall–Kier alpha value is -2.64. The lowest BCUT2D eigenvalue weighted by molar-refractivity contribution is -0.162. The second-order valence-electron chi connectivity index (χ2n) is 11.0. The molecule has 2 saturated heterocycles. The monoisotopic (exact) mass is 461 g/mol. The normalized spacial score (nSPS) is 33.7. The van der Waals surface area contributed by atoms with E-state index in [1.807, 2.05) is 23.1 Å². The summed E-state index contributed by atoms with van der Waals surface area (Å²) in [5, 5.41) is 23.3. The Kier molecular flexibility index (Phi) is 4.38. The summed E-state index contributed by atoms with van der Waals surface area (Å²) in [7, 11) is 0. The van der Waals surface area contributed by atoms with E-state index in [1.54, 1.807) is 18.5 Å². The van der Waals surface area contributed by atoms with E-state index in [1.165, 1.54) is 18.4 Å². The van der Waals surface area contributed by atoms with Gasteiger partial charge in [0.2, 0.25) is 5.91 Å². The number of piperidine rings is 1. The number of ether oxygens (including phenoxy) is 1. The highest BCUT2D eigenvalue weighted by Gasteiger charge is 2.71. The quantitative estimate of drug-likeness (QED) is 0.725. The van der Waals surface area contributed by atoms with Crippen molar-refractivity contribution in [2.45, 2.75) is 61.7 Å². The van der Waals surface area contributed by atoms with Crippen molar-refractivity contribution < 1.29 is 19.7 Å². The maximum atomic E-state index is 13.4. The average molecular weight is 462 g/mol. The SMILES string of the molecule is O=C(Cc1cccnc1)N1CC[C@@]2(O)[C@H]3Cc4ccc(O)c5c4[C@@]2(CCN3CC2CC2)[C@H](C1)O5. The zero-order chi connectivity index (χ0) is 23.1. The minimum Gasteiger partial charge on any atom is -0.504 e. The molecule has 7 rings (SSSR count). The maximum absolute atomic E-state index is 13.4. The number of hydrogen-bond acceptors (Lipinski definition) is 6. The summed E-state index contributed by atoms with van der Waals surface area (Å²) in [4.78, 5) is 21.9. The summed E-state index contributed by atoms with van der Waals surface area (Å²) < 4.78 is 6.48. The lowest BCUT2D eigenvalue weighted by atomic mass is 9.52.